The van der Waals surface area contributed by atoms with Gasteiger partial charge in [0.25, 0.3) is 0 Å². The lowest BCUT2D eigenvalue weighted by molar-refractivity contribution is 0.125. The number of rotatable bonds is 0. The van der Waals surface area contributed by atoms with Crippen molar-refractivity contribution in [3.63, 3.8) is 0 Å². The van der Waals surface area contributed by atoms with Gasteiger partial charge in [-0.25, -0.2) is 0 Å². The van der Waals surface area contributed by atoms with E-state index in [1.54, 1.807) is 0 Å². The maximum atomic E-state index is 6.37. The second-order valence-corrected chi connectivity index (χ2v) is 5.51. The second-order valence-electron chi connectivity index (χ2n) is 5.51. The first-order valence-corrected chi connectivity index (χ1v) is 4.88. The lowest BCUT2D eigenvalue weighted by Crippen LogP contribution is -2.47. The summed E-state index contributed by atoms with van der Waals surface area (Å²) in [6.45, 7) is 6.87. The summed E-state index contributed by atoms with van der Waals surface area (Å²) in [5.41, 5.74) is 13.0. The van der Waals surface area contributed by atoms with Gasteiger partial charge >= 0.3 is 0 Å². The second kappa shape index (κ2) is 1.88. The minimum absolute atomic E-state index is 0.0150. The fraction of sp³-hybridized carbons (Fsp3) is 1.00. The molecule has 12 heavy (non-hydrogen) atoms. The Bertz CT molecular complexity index is 221. The molecule has 0 aliphatic heterocycles. The highest BCUT2D eigenvalue weighted by molar-refractivity contribution is 5.22. The molecule has 0 spiro atoms. The molecule has 70 valence electrons. The van der Waals surface area contributed by atoms with Crippen molar-refractivity contribution in [2.45, 2.75) is 51.6 Å². The molecule has 2 saturated carbocycles. The first-order chi connectivity index (χ1) is 5.33. The van der Waals surface area contributed by atoms with E-state index in [1.165, 1.54) is 6.42 Å². The monoisotopic (exact) mass is 168 g/mol. The van der Waals surface area contributed by atoms with Gasteiger partial charge in [0.15, 0.2) is 0 Å². The van der Waals surface area contributed by atoms with Crippen LogP contribution in [0.2, 0.25) is 0 Å². The molecule has 4 N–H and O–H groups in total. The van der Waals surface area contributed by atoms with Gasteiger partial charge in [-0.1, -0.05) is 20.8 Å². The average Bonchev–Trinajstić information content (AvgIpc) is 2.18. The number of hydrogen-bond acceptors (Lipinski definition) is 2. The first kappa shape index (κ1) is 8.52. The van der Waals surface area contributed by atoms with E-state index < -0.39 is 0 Å². The lowest BCUT2D eigenvalue weighted by atomic mass is 9.68. The minimum atomic E-state index is 0.0150. The summed E-state index contributed by atoms with van der Waals surface area (Å²) < 4.78 is 0. The molecular formula is C10H20N2. The van der Waals surface area contributed by atoms with Gasteiger partial charge in [0, 0.05) is 11.6 Å². The fourth-order valence-electron chi connectivity index (χ4n) is 3.30. The molecule has 0 amide bonds. The van der Waals surface area contributed by atoms with Crippen molar-refractivity contribution >= 4 is 0 Å². The predicted octanol–water partition coefficient (Wildman–Crippen LogP) is 1.24. The number of hydrogen-bond donors (Lipinski definition) is 2. The maximum Gasteiger partial charge on any atom is 0.0227 e. The molecule has 2 fully saturated rings. The van der Waals surface area contributed by atoms with Crippen molar-refractivity contribution in [2.24, 2.45) is 22.3 Å². The highest BCUT2D eigenvalue weighted by Crippen LogP contribution is 2.65. The molecule has 0 unspecified atom stereocenters. The van der Waals surface area contributed by atoms with Crippen LogP contribution in [0.15, 0.2) is 0 Å². The molecule has 2 rings (SSSR count). The van der Waals surface area contributed by atoms with Gasteiger partial charge < -0.3 is 11.5 Å². The molecule has 0 aromatic carbocycles. The van der Waals surface area contributed by atoms with Gasteiger partial charge in [-0.3, -0.25) is 0 Å². The molecule has 0 aromatic heterocycles. The van der Waals surface area contributed by atoms with Crippen LogP contribution < -0.4 is 11.5 Å². The Labute approximate surface area is 74.7 Å². The first-order valence-electron chi connectivity index (χ1n) is 4.88. The third kappa shape index (κ3) is 0.612. The van der Waals surface area contributed by atoms with Crippen molar-refractivity contribution in [2.75, 3.05) is 0 Å². The molecule has 0 heterocycles. The Morgan fingerprint density at radius 1 is 1.17 bits per heavy atom. The van der Waals surface area contributed by atoms with Crippen molar-refractivity contribution in [3.8, 4) is 0 Å². The Kier molecular flexibility index (Phi) is 1.33. The van der Waals surface area contributed by atoms with Crippen LogP contribution in [0.4, 0.5) is 0 Å². The van der Waals surface area contributed by atoms with Gasteiger partial charge in [0.2, 0.25) is 0 Å². The Hall–Kier alpha value is -0.0800. The third-order valence-electron chi connectivity index (χ3n) is 5.17. The zero-order valence-corrected chi connectivity index (χ0v) is 8.35. The highest BCUT2D eigenvalue weighted by Gasteiger charge is 2.66. The summed E-state index contributed by atoms with van der Waals surface area (Å²) in [7, 11) is 0. The quantitative estimate of drug-likeness (QED) is 0.572. The standard InChI is InChI=1S/C10H20N2/c1-8(2)9(3)4-5-10(8,12)6-7(9)11/h7H,4-6,11-12H2,1-3H3/t7-,9-,10-/m1/s1. The topological polar surface area (TPSA) is 52.0 Å². The van der Waals surface area contributed by atoms with Gasteiger partial charge in [-0.05, 0) is 30.1 Å². The molecule has 2 heteroatoms. The SMILES string of the molecule is CC1(C)[C@@]2(N)CC[C@]1(C)[C@H](N)C2. The van der Waals surface area contributed by atoms with Crippen LogP contribution in [0.1, 0.15) is 40.0 Å². The number of fused-ring (bicyclic) bond motifs is 2. The smallest absolute Gasteiger partial charge is 0.0227 e. The molecular weight excluding hydrogens is 148 g/mol. The Morgan fingerprint density at radius 2 is 1.75 bits per heavy atom. The van der Waals surface area contributed by atoms with E-state index in [9.17, 15) is 0 Å². The highest BCUT2D eigenvalue weighted by atomic mass is 14.9. The summed E-state index contributed by atoms with van der Waals surface area (Å²) in [6.07, 6.45) is 3.37. The van der Waals surface area contributed by atoms with E-state index in [0.717, 1.165) is 12.8 Å². The van der Waals surface area contributed by atoms with Gasteiger partial charge in [-0.15, -0.1) is 0 Å². The van der Waals surface area contributed by atoms with Gasteiger partial charge in [-0.2, -0.15) is 0 Å². The van der Waals surface area contributed by atoms with E-state index in [2.05, 4.69) is 20.8 Å². The van der Waals surface area contributed by atoms with Crippen LogP contribution in [0.5, 0.6) is 0 Å². The maximum absolute atomic E-state index is 6.37. The molecule has 2 aliphatic carbocycles. The summed E-state index contributed by atoms with van der Waals surface area (Å²) in [4.78, 5) is 0. The van der Waals surface area contributed by atoms with E-state index in [-0.39, 0.29) is 16.4 Å². The van der Waals surface area contributed by atoms with Crippen LogP contribution >= 0.6 is 0 Å². The van der Waals surface area contributed by atoms with E-state index in [0.29, 0.717) is 6.04 Å². The summed E-state index contributed by atoms with van der Waals surface area (Å²) in [5.74, 6) is 0. The molecule has 2 nitrogen and oxygen atoms in total. The molecule has 0 aromatic rings. The van der Waals surface area contributed by atoms with Crippen molar-refractivity contribution in [1.29, 1.82) is 0 Å². The fourth-order valence-corrected chi connectivity index (χ4v) is 3.30. The summed E-state index contributed by atoms with van der Waals surface area (Å²) >= 11 is 0. The predicted molar refractivity (Wildman–Crippen MR) is 50.6 cm³/mol. The zero-order valence-electron chi connectivity index (χ0n) is 8.35. The van der Waals surface area contributed by atoms with Gasteiger partial charge in [0.05, 0.1) is 0 Å². The molecule has 2 bridgehead atoms. The third-order valence-corrected chi connectivity index (χ3v) is 5.17. The molecule has 3 atom stereocenters. The largest absolute Gasteiger partial charge is 0.327 e. The minimum Gasteiger partial charge on any atom is -0.327 e. The molecule has 0 saturated heterocycles. The molecule has 2 aliphatic rings. The summed E-state index contributed by atoms with van der Waals surface area (Å²) in [6, 6.07) is 0.311. The van der Waals surface area contributed by atoms with Crippen LogP contribution in [0, 0.1) is 10.8 Å². The van der Waals surface area contributed by atoms with Crippen molar-refractivity contribution < 1.29 is 0 Å². The zero-order chi connectivity index (χ0) is 9.20. The Morgan fingerprint density at radius 3 is 1.92 bits per heavy atom. The van der Waals surface area contributed by atoms with Crippen molar-refractivity contribution in [1.82, 2.24) is 0 Å². The van der Waals surface area contributed by atoms with Crippen LogP contribution in [0.25, 0.3) is 0 Å². The van der Waals surface area contributed by atoms with Crippen LogP contribution in [-0.4, -0.2) is 11.6 Å². The summed E-state index contributed by atoms with van der Waals surface area (Å²) in [5, 5.41) is 0. The van der Waals surface area contributed by atoms with Crippen LogP contribution in [-0.2, 0) is 0 Å². The van der Waals surface area contributed by atoms with Crippen molar-refractivity contribution in [3.05, 3.63) is 0 Å². The average molecular weight is 168 g/mol. The van der Waals surface area contributed by atoms with E-state index >= 15 is 0 Å². The number of nitrogens with two attached hydrogens (primary N) is 2. The van der Waals surface area contributed by atoms with Crippen LogP contribution in [0.3, 0.4) is 0 Å². The lowest BCUT2D eigenvalue weighted by Gasteiger charge is -2.39. The Balaban J connectivity index is 2.49. The van der Waals surface area contributed by atoms with E-state index in [4.69, 9.17) is 11.5 Å². The van der Waals surface area contributed by atoms with E-state index in [1.807, 2.05) is 0 Å². The van der Waals surface area contributed by atoms with Gasteiger partial charge in [0.1, 0.15) is 0 Å². The normalized spacial score (nSPS) is 56.2. The molecule has 0 radical (unpaired) electrons.